The molecule has 1 atom stereocenters. The Morgan fingerprint density at radius 3 is 2.60 bits per heavy atom. The van der Waals surface area contributed by atoms with Crippen LogP contribution < -0.4 is 5.32 Å². The quantitative estimate of drug-likeness (QED) is 0.690. The van der Waals surface area contributed by atoms with Crippen LogP contribution in [0.1, 0.15) is 18.1 Å². The second-order valence-corrected chi connectivity index (χ2v) is 6.98. The van der Waals surface area contributed by atoms with Gasteiger partial charge in [0.25, 0.3) is 0 Å². The van der Waals surface area contributed by atoms with E-state index in [4.69, 9.17) is 0 Å². The number of hydrogen-bond donors (Lipinski definition) is 1. The number of hydrogen-bond acceptors (Lipinski definition) is 5. The molecule has 0 fully saturated rings. The van der Waals surface area contributed by atoms with Crippen LogP contribution in [0.5, 0.6) is 0 Å². The van der Waals surface area contributed by atoms with Crippen LogP contribution in [0.25, 0.3) is 5.69 Å². The highest BCUT2D eigenvalue weighted by Crippen LogP contribution is 2.23. The molecule has 0 aliphatic carbocycles. The first-order chi connectivity index (χ1) is 12.1. The predicted molar refractivity (Wildman–Crippen MR) is 97.5 cm³/mol. The number of thioether (sulfide) groups is 1. The second-order valence-electron chi connectivity index (χ2n) is 5.67. The van der Waals surface area contributed by atoms with Crippen LogP contribution in [-0.2, 0) is 11.3 Å². The minimum Gasteiger partial charge on any atom is -0.351 e. The summed E-state index contributed by atoms with van der Waals surface area (Å²) in [6.07, 6.45) is 0. The van der Waals surface area contributed by atoms with Crippen LogP contribution >= 0.6 is 11.8 Å². The van der Waals surface area contributed by atoms with E-state index in [1.807, 2.05) is 68.4 Å². The highest BCUT2D eigenvalue weighted by Gasteiger charge is 2.19. The van der Waals surface area contributed by atoms with Gasteiger partial charge in [-0.3, -0.25) is 4.79 Å². The molecule has 0 aliphatic rings. The van der Waals surface area contributed by atoms with Crippen molar-refractivity contribution in [3.8, 4) is 5.69 Å². The van der Waals surface area contributed by atoms with Crippen molar-refractivity contribution in [3.63, 3.8) is 0 Å². The Morgan fingerprint density at radius 1 is 1.16 bits per heavy atom. The van der Waals surface area contributed by atoms with E-state index in [-0.39, 0.29) is 11.2 Å². The zero-order valence-corrected chi connectivity index (χ0v) is 14.9. The average Bonchev–Trinajstić information content (AvgIpc) is 3.09. The van der Waals surface area contributed by atoms with Crippen molar-refractivity contribution in [2.24, 2.45) is 0 Å². The van der Waals surface area contributed by atoms with Gasteiger partial charge >= 0.3 is 0 Å². The van der Waals surface area contributed by atoms with E-state index >= 15 is 0 Å². The number of aromatic nitrogens is 4. The number of carbonyl (C=O) groups excluding carboxylic acids is 1. The Labute approximate surface area is 150 Å². The molecule has 0 radical (unpaired) electrons. The number of nitrogens with one attached hydrogen (secondary N) is 1. The predicted octanol–water partition coefficient (Wildman–Crippen LogP) is 2.77. The molecule has 3 aromatic rings. The summed E-state index contributed by atoms with van der Waals surface area (Å²) in [6.45, 7) is 4.38. The lowest BCUT2D eigenvalue weighted by atomic mass is 10.2. The third kappa shape index (κ3) is 4.45. The van der Waals surface area contributed by atoms with Gasteiger partial charge in [-0.2, -0.15) is 4.68 Å². The third-order valence-electron chi connectivity index (χ3n) is 3.68. The average molecular weight is 353 g/mol. The normalized spacial score (nSPS) is 11.9. The zero-order valence-electron chi connectivity index (χ0n) is 14.1. The molecular weight excluding hydrogens is 334 g/mol. The van der Waals surface area contributed by atoms with Gasteiger partial charge in [-0.25, -0.2) is 0 Å². The molecule has 1 N–H and O–H groups in total. The van der Waals surface area contributed by atoms with E-state index in [0.29, 0.717) is 11.7 Å². The van der Waals surface area contributed by atoms with E-state index in [1.54, 1.807) is 4.68 Å². The number of aryl methyl sites for hydroxylation is 1. The summed E-state index contributed by atoms with van der Waals surface area (Å²) in [4.78, 5) is 12.3. The Morgan fingerprint density at radius 2 is 1.88 bits per heavy atom. The standard InChI is InChI=1S/C18H19N5OS/c1-13-8-10-16(11-9-13)23-18(20-21-22-23)25-14(2)17(24)19-12-15-6-4-3-5-7-15/h3-11,14H,12H2,1-2H3,(H,19,24)/t14-/m1/s1. The topological polar surface area (TPSA) is 72.7 Å². The van der Waals surface area contributed by atoms with Crippen LogP contribution in [0.3, 0.4) is 0 Å². The van der Waals surface area contributed by atoms with Crippen molar-refractivity contribution in [1.29, 1.82) is 0 Å². The van der Waals surface area contributed by atoms with Gasteiger partial charge in [-0.05, 0) is 42.0 Å². The van der Waals surface area contributed by atoms with E-state index in [1.165, 1.54) is 17.3 Å². The molecule has 128 valence electrons. The molecule has 0 bridgehead atoms. The molecule has 0 saturated heterocycles. The first kappa shape index (κ1) is 17.2. The van der Waals surface area contributed by atoms with Gasteiger partial charge in [0.15, 0.2) is 0 Å². The first-order valence-electron chi connectivity index (χ1n) is 7.97. The van der Waals surface area contributed by atoms with Gasteiger partial charge in [-0.1, -0.05) is 59.8 Å². The third-order valence-corrected chi connectivity index (χ3v) is 4.71. The lowest BCUT2D eigenvalue weighted by molar-refractivity contribution is -0.120. The molecule has 1 aromatic heterocycles. The molecular formula is C18H19N5OS. The first-order valence-corrected chi connectivity index (χ1v) is 8.85. The molecule has 0 unspecified atom stereocenters. The maximum atomic E-state index is 12.3. The molecule has 0 saturated carbocycles. The minimum absolute atomic E-state index is 0.0488. The van der Waals surface area contributed by atoms with Crippen molar-refractivity contribution < 1.29 is 4.79 Å². The zero-order chi connectivity index (χ0) is 17.6. The van der Waals surface area contributed by atoms with Gasteiger partial charge in [0, 0.05) is 6.54 Å². The number of nitrogens with zero attached hydrogens (tertiary/aromatic N) is 4. The van der Waals surface area contributed by atoms with Gasteiger partial charge in [0.1, 0.15) is 0 Å². The number of rotatable bonds is 6. The number of amides is 1. The smallest absolute Gasteiger partial charge is 0.233 e. The molecule has 1 heterocycles. The largest absolute Gasteiger partial charge is 0.351 e. The van der Waals surface area contributed by atoms with Crippen LogP contribution in [-0.4, -0.2) is 31.4 Å². The number of carbonyl (C=O) groups is 1. The van der Waals surface area contributed by atoms with Crippen molar-refractivity contribution in [3.05, 3.63) is 65.7 Å². The van der Waals surface area contributed by atoms with E-state index in [0.717, 1.165) is 11.3 Å². The van der Waals surface area contributed by atoms with Crippen LogP contribution in [0.2, 0.25) is 0 Å². The van der Waals surface area contributed by atoms with E-state index in [9.17, 15) is 4.79 Å². The summed E-state index contributed by atoms with van der Waals surface area (Å²) >= 11 is 1.33. The lowest BCUT2D eigenvalue weighted by Gasteiger charge is -2.12. The van der Waals surface area contributed by atoms with Gasteiger partial charge < -0.3 is 5.32 Å². The molecule has 1 amide bonds. The summed E-state index contributed by atoms with van der Waals surface area (Å²) in [6, 6.07) is 17.7. The Bertz CT molecular complexity index is 832. The Balaban J connectivity index is 1.63. The molecule has 2 aromatic carbocycles. The molecule has 7 heteroatoms. The SMILES string of the molecule is Cc1ccc(-n2nnnc2S[C@H](C)C(=O)NCc2ccccc2)cc1. The fourth-order valence-corrected chi connectivity index (χ4v) is 3.07. The van der Waals surface area contributed by atoms with Crippen molar-refractivity contribution in [2.75, 3.05) is 0 Å². The number of tetrazole rings is 1. The fraction of sp³-hybridized carbons (Fsp3) is 0.222. The lowest BCUT2D eigenvalue weighted by Crippen LogP contribution is -2.30. The van der Waals surface area contributed by atoms with E-state index < -0.39 is 0 Å². The van der Waals surface area contributed by atoms with Crippen LogP contribution in [0.15, 0.2) is 59.8 Å². The summed E-state index contributed by atoms with van der Waals surface area (Å²) in [5, 5.41) is 15.0. The fourth-order valence-electron chi connectivity index (χ4n) is 2.24. The van der Waals surface area contributed by atoms with E-state index in [2.05, 4.69) is 20.8 Å². The maximum Gasteiger partial charge on any atom is 0.233 e. The Kier molecular flexibility index (Phi) is 5.45. The maximum absolute atomic E-state index is 12.3. The minimum atomic E-state index is -0.307. The molecule has 3 rings (SSSR count). The summed E-state index contributed by atoms with van der Waals surface area (Å²) < 4.78 is 1.64. The molecule has 25 heavy (non-hydrogen) atoms. The van der Waals surface area contributed by atoms with Gasteiger partial charge in [-0.15, -0.1) is 5.10 Å². The molecule has 0 aliphatic heterocycles. The summed E-state index contributed by atoms with van der Waals surface area (Å²) in [5.41, 5.74) is 3.10. The number of benzene rings is 2. The highest BCUT2D eigenvalue weighted by molar-refractivity contribution is 8.00. The second kappa shape index (κ2) is 7.94. The van der Waals surface area contributed by atoms with Gasteiger partial charge in [0.2, 0.25) is 11.1 Å². The summed E-state index contributed by atoms with van der Waals surface area (Å²) in [7, 11) is 0. The molecule has 0 spiro atoms. The monoisotopic (exact) mass is 353 g/mol. The van der Waals surface area contributed by atoms with Crippen molar-refractivity contribution in [1.82, 2.24) is 25.5 Å². The summed E-state index contributed by atoms with van der Waals surface area (Å²) in [5.74, 6) is -0.0488. The van der Waals surface area contributed by atoms with Crippen molar-refractivity contribution >= 4 is 17.7 Å². The van der Waals surface area contributed by atoms with Crippen LogP contribution in [0, 0.1) is 6.92 Å². The van der Waals surface area contributed by atoms with Crippen LogP contribution in [0.4, 0.5) is 0 Å². The van der Waals surface area contributed by atoms with Gasteiger partial charge in [0.05, 0.1) is 10.9 Å². The highest BCUT2D eigenvalue weighted by atomic mass is 32.2. The molecule has 6 nitrogen and oxygen atoms in total. The van der Waals surface area contributed by atoms with Crippen molar-refractivity contribution in [2.45, 2.75) is 30.8 Å². The Hall–Kier alpha value is -2.67.